The molecular weight excluding hydrogens is 585 g/mol. The second-order valence-electron chi connectivity index (χ2n) is 9.52. The third-order valence-corrected chi connectivity index (χ3v) is 9.08. The lowest BCUT2D eigenvalue weighted by atomic mass is 10.1. The van der Waals surface area contributed by atoms with Gasteiger partial charge in [0.1, 0.15) is 18.3 Å². The second kappa shape index (κ2) is 14.6. The van der Waals surface area contributed by atoms with Gasteiger partial charge in [-0.15, -0.1) is 0 Å². The molecule has 1 N–H and O–H groups in total. The first kappa shape index (κ1) is 32.2. The molecule has 0 heterocycles. The number of nitrogens with zero attached hydrogens (tertiary/aromatic N) is 2. The summed E-state index contributed by atoms with van der Waals surface area (Å²) < 4.78 is 34.2. The molecule has 8 nitrogen and oxygen atoms in total. The first-order valence-electron chi connectivity index (χ1n) is 13.3. The molecule has 0 bridgehead atoms. The minimum atomic E-state index is -4.16. The van der Waals surface area contributed by atoms with Crippen LogP contribution in [-0.2, 0) is 26.2 Å². The van der Waals surface area contributed by atoms with Gasteiger partial charge in [-0.25, -0.2) is 8.42 Å². The van der Waals surface area contributed by atoms with Gasteiger partial charge in [0.05, 0.1) is 27.2 Å². The fraction of sp³-hybridized carbons (Fsp3) is 0.333. The van der Waals surface area contributed by atoms with E-state index in [1.807, 2.05) is 20.8 Å². The van der Waals surface area contributed by atoms with E-state index in [1.165, 1.54) is 17.0 Å². The smallest absolute Gasteiger partial charge is 0.264 e. The van der Waals surface area contributed by atoms with Crippen molar-refractivity contribution in [1.29, 1.82) is 0 Å². The highest BCUT2D eigenvalue weighted by Crippen LogP contribution is 2.27. The Morgan fingerprint density at radius 2 is 1.59 bits per heavy atom. The lowest BCUT2D eigenvalue weighted by Crippen LogP contribution is -2.52. The molecular formula is C30H35Cl2N3O5S. The quantitative estimate of drug-likeness (QED) is 0.256. The molecule has 0 radical (unpaired) electrons. The van der Waals surface area contributed by atoms with Gasteiger partial charge in [-0.1, -0.05) is 54.4 Å². The van der Waals surface area contributed by atoms with Gasteiger partial charge >= 0.3 is 0 Å². The maximum Gasteiger partial charge on any atom is 0.264 e. The first-order chi connectivity index (χ1) is 19.5. The van der Waals surface area contributed by atoms with Gasteiger partial charge in [0.15, 0.2) is 0 Å². The van der Waals surface area contributed by atoms with E-state index in [2.05, 4.69) is 5.32 Å². The predicted molar refractivity (Wildman–Crippen MR) is 163 cm³/mol. The Morgan fingerprint density at radius 1 is 0.927 bits per heavy atom. The lowest BCUT2D eigenvalue weighted by Gasteiger charge is -2.32. The molecule has 3 aromatic rings. The minimum absolute atomic E-state index is 0.00726. The third-order valence-electron chi connectivity index (χ3n) is 6.55. The number of rotatable bonds is 13. The van der Waals surface area contributed by atoms with Crippen molar-refractivity contribution < 1.29 is 22.7 Å². The van der Waals surface area contributed by atoms with Crippen molar-refractivity contribution in [2.75, 3.05) is 17.5 Å². The Bertz CT molecular complexity index is 1440. The molecule has 0 aliphatic carbocycles. The summed E-state index contributed by atoms with van der Waals surface area (Å²) in [7, 11) is -4.16. The molecule has 0 aliphatic rings. The van der Waals surface area contributed by atoms with Crippen LogP contribution < -0.4 is 14.4 Å². The molecule has 2 amide bonds. The number of hydrogen-bond acceptors (Lipinski definition) is 5. The topological polar surface area (TPSA) is 96.0 Å². The summed E-state index contributed by atoms with van der Waals surface area (Å²) >= 11 is 12.3. The van der Waals surface area contributed by atoms with Crippen LogP contribution in [0.1, 0.15) is 39.7 Å². The normalized spacial score (nSPS) is 12.7. The van der Waals surface area contributed by atoms with Crippen molar-refractivity contribution >= 4 is 50.7 Å². The van der Waals surface area contributed by atoms with E-state index >= 15 is 0 Å². The van der Waals surface area contributed by atoms with E-state index in [-0.39, 0.29) is 29.1 Å². The number of carbonyl (C=O) groups is 2. The van der Waals surface area contributed by atoms with Crippen LogP contribution in [0.15, 0.2) is 77.7 Å². The summed E-state index contributed by atoms with van der Waals surface area (Å²) in [5, 5.41) is 3.56. The second-order valence-corrected chi connectivity index (χ2v) is 12.2. The van der Waals surface area contributed by atoms with Crippen molar-refractivity contribution in [3.8, 4) is 5.75 Å². The largest absolute Gasteiger partial charge is 0.494 e. The summed E-state index contributed by atoms with van der Waals surface area (Å²) in [5.41, 5.74) is 0.909. The Hall–Kier alpha value is -3.27. The summed E-state index contributed by atoms with van der Waals surface area (Å²) in [6, 6.07) is 18.3. The molecule has 2 atom stereocenters. The number of ether oxygens (including phenoxy) is 1. The number of nitrogens with one attached hydrogen (secondary N) is 1. The highest BCUT2D eigenvalue weighted by molar-refractivity contribution is 7.92. The van der Waals surface area contributed by atoms with Gasteiger partial charge in [0.2, 0.25) is 11.8 Å². The van der Waals surface area contributed by atoms with E-state index in [0.717, 1.165) is 4.31 Å². The number of halogens is 2. The molecule has 11 heteroatoms. The van der Waals surface area contributed by atoms with Crippen LogP contribution in [0.3, 0.4) is 0 Å². The molecule has 0 aromatic heterocycles. The average Bonchev–Trinajstić information content (AvgIpc) is 2.96. The number of carbonyl (C=O) groups excluding carboxylic acids is 2. The average molecular weight is 621 g/mol. The number of anilines is 1. The Balaban J connectivity index is 2.03. The van der Waals surface area contributed by atoms with Crippen LogP contribution in [0.4, 0.5) is 5.69 Å². The van der Waals surface area contributed by atoms with E-state index in [9.17, 15) is 18.0 Å². The fourth-order valence-electron chi connectivity index (χ4n) is 4.01. The van der Waals surface area contributed by atoms with Crippen LogP contribution in [0.2, 0.25) is 10.0 Å². The van der Waals surface area contributed by atoms with Crippen molar-refractivity contribution in [2.24, 2.45) is 0 Å². The van der Waals surface area contributed by atoms with Crippen LogP contribution in [0.25, 0.3) is 0 Å². The van der Waals surface area contributed by atoms with Crippen molar-refractivity contribution in [1.82, 2.24) is 10.2 Å². The molecule has 0 saturated carbocycles. The van der Waals surface area contributed by atoms with Crippen LogP contribution in [0.5, 0.6) is 5.75 Å². The molecule has 0 fully saturated rings. The van der Waals surface area contributed by atoms with Gasteiger partial charge in [-0.3, -0.25) is 13.9 Å². The summed E-state index contributed by atoms with van der Waals surface area (Å²) in [5.74, 6) is -0.362. The van der Waals surface area contributed by atoms with E-state index in [0.29, 0.717) is 34.4 Å². The van der Waals surface area contributed by atoms with Gasteiger partial charge < -0.3 is 15.0 Å². The summed E-state index contributed by atoms with van der Waals surface area (Å²) in [6.45, 7) is 7.18. The van der Waals surface area contributed by atoms with Gasteiger partial charge in [0.25, 0.3) is 10.0 Å². The van der Waals surface area contributed by atoms with Crippen molar-refractivity contribution in [3.05, 3.63) is 88.4 Å². The molecule has 0 unspecified atom stereocenters. The zero-order valence-electron chi connectivity index (χ0n) is 23.5. The molecule has 41 heavy (non-hydrogen) atoms. The highest BCUT2D eigenvalue weighted by atomic mass is 35.5. The molecule has 220 valence electrons. The SMILES string of the molecule is CCOc1ccc(N(CC(=O)N(Cc2ccc(Cl)c(Cl)c2)[C@@H](C)C(=O)N[C@H](C)CC)S(=O)(=O)c2ccccc2)cc1. The number of hydrogen-bond donors (Lipinski definition) is 1. The standard InChI is InChI=1S/C30H35Cl2N3O5S/c1-5-21(3)33-30(37)22(4)34(19-23-12-17-27(31)28(32)18-23)29(36)20-35(24-13-15-25(16-14-24)40-6-2)41(38,39)26-10-8-7-9-11-26/h7-18,21-22H,5-6,19-20H2,1-4H3,(H,33,37)/t21-,22+/m1/s1. The molecule has 0 aliphatic heterocycles. The lowest BCUT2D eigenvalue weighted by molar-refractivity contribution is -0.139. The predicted octanol–water partition coefficient (Wildman–Crippen LogP) is 5.92. The molecule has 3 aromatic carbocycles. The van der Waals surface area contributed by atoms with Crippen LogP contribution >= 0.6 is 23.2 Å². The van der Waals surface area contributed by atoms with Gasteiger partial charge in [0, 0.05) is 12.6 Å². The van der Waals surface area contributed by atoms with E-state index < -0.39 is 28.5 Å². The van der Waals surface area contributed by atoms with Crippen molar-refractivity contribution in [3.63, 3.8) is 0 Å². The van der Waals surface area contributed by atoms with E-state index in [4.69, 9.17) is 27.9 Å². The monoisotopic (exact) mass is 619 g/mol. The van der Waals surface area contributed by atoms with Gasteiger partial charge in [-0.2, -0.15) is 0 Å². The minimum Gasteiger partial charge on any atom is -0.494 e. The number of sulfonamides is 1. The number of benzene rings is 3. The maximum atomic E-state index is 14.0. The fourth-order valence-corrected chi connectivity index (χ4v) is 5.76. The zero-order valence-corrected chi connectivity index (χ0v) is 25.8. The Morgan fingerprint density at radius 3 is 2.17 bits per heavy atom. The first-order valence-corrected chi connectivity index (χ1v) is 15.5. The third kappa shape index (κ3) is 8.38. The van der Waals surface area contributed by atoms with Crippen LogP contribution in [-0.4, -0.2) is 50.4 Å². The van der Waals surface area contributed by atoms with E-state index in [1.54, 1.807) is 67.6 Å². The highest BCUT2D eigenvalue weighted by Gasteiger charge is 2.32. The summed E-state index contributed by atoms with van der Waals surface area (Å²) in [6.07, 6.45) is 0.708. The van der Waals surface area contributed by atoms with Crippen molar-refractivity contribution in [2.45, 2.75) is 57.6 Å². The Labute approximate surface area is 252 Å². The zero-order chi connectivity index (χ0) is 30.2. The molecule has 0 spiro atoms. The summed E-state index contributed by atoms with van der Waals surface area (Å²) in [4.78, 5) is 28.5. The van der Waals surface area contributed by atoms with Crippen LogP contribution in [0, 0.1) is 0 Å². The Kier molecular flexibility index (Phi) is 11.5. The number of amides is 2. The molecule has 3 rings (SSSR count). The maximum absolute atomic E-state index is 14.0. The molecule has 0 saturated heterocycles. The van der Waals surface area contributed by atoms with Gasteiger partial charge in [-0.05, 0) is 81.3 Å².